The van der Waals surface area contributed by atoms with Crippen molar-refractivity contribution in [1.82, 2.24) is 0 Å². The van der Waals surface area contributed by atoms with E-state index in [1.807, 2.05) is 26.8 Å². The van der Waals surface area contributed by atoms with Gasteiger partial charge in [0.1, 0.15) is 5.82 Å². The van der Waals surface area contributed by atoms with Gasteiger partial charge in [-0.1, -0.05) is 6.07 Å². The maximum atomic E-state index is 14.5. The van der Waals surface area contributed by atoms with Crippen molar-refractivity contribution in [3.63, 3.8) is 0 Å². The van der Waals surface area contributed by atoms with Crippen molar-refractivity contribution in [3.05, 3.63) is 57.9 Å². The van der Waals surface area contributed by atoms with E-state index in [4.69, 9.17) is 0 Å². The Hall–Kier alpha value is -2.69. The Morgan fingerprint density at radius 2 is 1.93 bits per heavy atom. The van der Waals surface area contributed by atoms with E-state index in [0.717, 1.165) is 34.2 Å². The highest BCUT2D eigenvalue weighted by Crippen LogP contribution is 2.28. The van der Waals surface area contributed by atoms with Crippen molar-refractivity contribution in [2.45, 2.75) is 47.1 Å². The zero-order chi connectivity index (χ0) is 19.7. The lowest BCUT2D eigenvalue weighted by atomic mass is 9.91. The number of hydrogen-bond donors (Lipinski definition) is 1. The SMILES string of the molecule is CC(=O)c1c(C)cc(C)c(CNc2ccc(N3CCCC3=O)c(F)c2)c1C. The van der Waals surface area contributed by atoms with Crippen LogP contribution >= 0.6 is 0 Å². The van der Waals surface area contributed by atoms with Crippen LogP contribution in [0.15, 0.2) is 24.3 Å². The van der Waals surface area contributed by atoms with Crippen molar-refractivity contribution >= 4 is 23.1 Å². The minimum absolute atomic E-state index is 0.0303. The number of rotatable bonds is 5. The molecule has 4 nitrogen and oxygen atoms in total. The Kier molecular flexibility index (Phi) is 5.31. The fourth-order valence-electron chi connectivity index (χ4n) is 3.97. The molecule has 0 unspecified atom stereocenters. The predicted molar refractivity (Wildman–Crippen MR) is 106 cm³/mol. The van der Waals surface area contributed by atoms with Gasteiger partial charge in [-0.2, -0.15) is 0 Å². The molecule has 1 amide bonds. The maximum absolute atomic E-state index is 14.5. The van der Waals surface area contributed by atoms with Crippen LogP contribution in [0.5, 0.6) is 0 Å². The topological polar surface area (TPSA) is 49.4 Å². The quantitative estimate of drug-likeness (QED) is 0.779. The van der Waals surface area contributed by atoms with Gasteiger partial charge in [-0.15, -0.1) is 0 Å². The van der Waals surface area contributed by atoms with Crippen LogP contribution < -0.4 is 10.2 Å². The van der Waals surface area contributed by atoms with Gasteiger partial charge in [0.2, 0.25) is 5.91 Å². The van der Waals surface area contributed by atoms with Gasteiger partial charge in [-0.25, -0.2) is 4.39 Å². The Morgan fingerprint density at radius 3 is 2.52 bits per heavy atom. The first-order chi connectivity index (χ1) is 12.8. The lowest BCUT2D eigenvalue weighted by molar-refractivity contribution is -0.117. The van der Waals surface area contributed by atoms with Crippen molar-refractivity contribution in [1.29, 1.82) is 0 Å². The molecular weight excluding hydrogens is 343 g/mol. The molecule has 1 fully saturated rings. The van der Waals surface area contributed by atoms with Gasteiger partial charge >= 0.3 is 0 Å². The number of amides is 1. The largest absolute Gasteiger partial charge is 0.381 e. The number of carbonyl (C=O) groups is 2. The fraction of sp³-hybridized carbons (Fsp3) is 0.364. The first-order valence-corrected chi connectivity index (χ1v) is 9.24. The third-order valence-corrected chi connectivity index (χ3v) is 5.26. The molecule has 0 aromatic heterocycles. The summed E-state index contributed by atoms with van der Waals surface area (Å²) in [5.74, 6) is -0.383. The number of Topliss-reactive ketones (excluding diaryl/α,β-unsaturated/α-hetero) is 1. The third-order valence-electron chi connectivity index (χ3n) is 5.26. The van der Waals surface area contributed by atoms with Gasteiger partial charge in [0.05, 0.1) is 5.69 Å². The summed E-state index contributed by atoms with van der Waals surface area (Å²) in [5.41, 5.74) is 5.83. The van der Waals surface area contributed by atoms with Crippen LogP contribution in [0.25, 0.3) is 0 Å². The Morgan fingerprint density at radius 1 is 1.19 bits per heavy atom. The normalized spacial score (nSPS) is 14.0. The highest BCUT2D eigenvalue weighted by atomic mass is 19.1. The Labute approximate surface area is 159 Å². The van der Waals surface area contributed by atoms with Gasteiger partial charge in [0.15, 0.2) is 5.78 Å². The molecule has 2 aromatic carbocycles. The van der Waals surface area contributed by atoms with E-state index in [2.05, 4.69) is 5.32 Å². The molecule has 0 atom stereocenters. The summed E-state index contributed by atoms with van der Waals surface area (Å²) in [6, 6.07) is 6.88. The molecule has 1 aliphatic heterocycles. The van der Waals surface area contributed by atoms with E-state index in [9.17, 15) is 14.0 Å². The molecule has 27 heavy (non-hydrogen) atoms. The van der Waals surface area contributed by atoms with Crippen LogP contribution in [0.2, 0.25) is 0 Å². The number of ketones is 1. The summed E-state index contributed by atoms with van der Waals surface area (Å²) in [6.45, 7) is 8.56. The van der Waals surface area contributed by atoms with Crippen molar-refractivity contribution in [3.8, 4) is 0 Å². The summed E-state index contributed by atoms with van der Waals surface area (Å²) in [7, 11) is 0. The van der Waals surface area contributed by atoms with E-state index < -0.39 is 5.82 Å². The summed E-state index contributed by atoms with van der Waals surface area (Å²) in [6.07, 6.45) is 1.24. The molecule has 2 aromatic rings. The minimum Gasteiger partial charge on any atom is -0.381 e. The van der Waals surface area contributed by atoms with Gasteiger partial charge < -0.3 is 10.2 Å². The van der Waals surface area contributed by atoms with Crippen LogP contribution in [-0.2, 0) is 11.3 Å². The fourth-order valence-corrected chi connectivity index (χ4v) is 3.97. The molecule has 5 heteroatoms. The zero-order valence-electron chi connectivity index (χ0n) is 16.3. The summed E-state index contributed by atoms with van der Waals surface area (Å²) < 4.78 is 14.5. The Bertz CT molecular complexity index is 921. The molecule has 1 aliphatic rings. The lowest BCUT2D eigenvalue weighted by Gasteiger charge is -2.19. The number of nitrogens with one attached hydrogen (secondary N) is 1. The zero-order valence-corrected chi connectivity index (χ0v) is 16.3. The van der Waals surface area contributed by atoms with Crippen LogP contribution in [0.4, 0.5) is 15.8 Å². The van der Waals surface area contributed by atoms with Gasteiger partial charge in [-0.05, 0) is 74.6 Å². The van der Waals surface area contributed by atoms with E-state index in [1.54, 1.807) is 19.1 Å². The highest BCUT2D eigenvalue weighted by Gasteiger charge is 2.24. The van der Waals surface area contributed by atoms with Crippen molar-refractivity contribution in [2.24, 2.45) is 0 Å². The summed E-state index contributed by atoms with van der Waals surface area (Å²) in [5, 5.41) is 3.24. The van der Waals surface area contributed by atoms with E-state index in [-0.39, 0.29) is 11.7 Å². The van der Waals surface area contributed by atoms with Crippen molar-refractivity contribution in [2.75, 3.05) is 16.8 Å². The smallest absolute Gasteiger partial charge is 0.227 e. The molecule has 1 saturated heterocycles. The molecular formula is C22H25FN2O2. The first kappa shape index (κ1) is 19.1. The molecule has 0 aliphatic carbocycles. The first-order valence-electron chi connectivity index (χ1n) is 9.24. The molecule has 0 radical (unpaired) electrons. The molecule has 3 rings (SSSR count). The van der Waals surface area contributed by atoms with Gasteiger partial charge in [0.25, 0.3) is 0 Å². The maximum Gasteiger partial charge on any atom is 0.227 e. The predicted octanol–water partition coefficient (Wildman–Crippen LogP) is 4.69. The average Bonchev–Trinajstić information content (AvgIpc) is 2.99. The van der Waals surface area contributed by atoms with E-state index in [1.165, 1.54) is 11.0 Å². The molecule has 142 valence electrons. The van der Waals surface area contributed by atoms with Crippen LogP contribution in [0, 0.1) is 26.6 Å². The lowest BCUT2D eigenvalue weighted by Crippen LogP contribution is -2.24. The number of anilines is 2. The number of carbonyl (C=O) groups excluding carboxylic acids is 2. The highest BCUT2D eigenvalue weighted by molar-refractivity contribution is 5.97. The summed E-state index contributed by atoms with van der Waals surface area (Å²) in [4.78, 5) is 25.3. The monoisotopic (exact) mass is 368 g/mol. The molecule has 0 spiro atoms. The number of halogens is 1. The molecule has 1 heterocycles. The second-order valence-corrected chi connectivity index (χ2v) is 7.21. The minimum atomic E-state index is -0.406. The average molecular weight is 368 g/mol. The molecule has 1 N–H and O–H groups in total. The van der Waals surface area contributed by atoms with E-state index in [0.29, 0.717) is 30.9 Å². The summed E-state index contributed by atoms with van der Waals surface area (Å²) >= 11 is 0. The number of benzene rings is 2. The standard InChI is InChI=1S/C22H25FN2O2/c1-13-10-14(2)22(16(4)26)15(3)18(13)12-24-17-7-8-20(19(23)11-17)25-9-5-6-21(25)27/h7-8,10-11,24H,5-6,9,12H2,1-4H3. The molecule has 0 bridgehead atoms. The van der Waals surface area contributed by atoms with Crippen molar-refractivity contribution < 1.29 is 14.0 Å². The van der Waals surface area contributed by atoms with Gasteiger partial charge in [-0.3, -0.25) is 9.59 Å². The Balaban J connectivity index is 1.81. The number of aryl methyl sites for hydroxylation is 2. The second-order valence-electron chi connectivity index (χ2n) is 7.21. The molecule has 0 saturated carbocycles. The van der Waals surface area contributed by atoms with Crippen LogP contribution in [0.1, 0.15) is 52.4 Å². The van der Waals surface area contributed by atoms with E-state index >= 15 is 0 Å². The van der Waals surface area contributed by atoms with Crippen LogP contribution in [0.3, 0.4) is 0 Å². The number of hydrogen-bond acceptors (Lipinski definition) is 3. The number of nitrogens with zero attached hydrogens (tertiary/aromatic N) is 1. The van der Waals surface area contributed by atoms with Gasteiger partial charge in [0, 0.05) is 30.8 Å². The third kappa shape index (κ3) is 3.72. The second kappa shape index (κ2) is 7.51. The van der Waals surface area contributed by atoms with Crippen LogP contribution in [-0.4, -0.2) is 18.2 Å².